The molecule has 3 nitrogen and oxygen atoms in total. The van der Waals surface area contributed by atoms with Crippen LogP contribution in [0.2, 0.25) is 0 Å². The van der Waals surface area contributed by atoms with Gasteiger partial charge in [0.2, 0.25) is 0 Å². The molecule has 0 amide bonds. The number of nitrogens with two attached hydrogens (primary N) is 1. The first-order valence-corrected chi connectivity index (χ1v) is 7.63. The molecular formula is C14H25N3S. The predicted molar refractivity (Wildman–Crippen MR) is 79.3 cm³/mol. The number of hydrogen-bond acceptors (Lipinski definition) is 4. The molecule has 2 rings (SSSR count). The molecule has 18 heavy (non-hydrogen) atoms. The molecule has 1 aromatic rings. The van der Waals surface area contributed by atoms with Gasteiger partial charge in [0.15, 0.2) is 5.13 Å². The summed E-state index contributed by atoms with van der Waals surface area (Å²) in [5.74, 6) is 0. The van der Waals surface area contributed by atoms with Gasteiger partial charge in [-0.2, -0.15) is 0 Å². The van der Waals surface area contributed by atoms with E-state index in [4.69, 9.17) is 10.7 Å². The first-order valence-electron chi connectivity index (χ1n) is 6.82. The summed E-state index contributed by atoms with van der Waals surface area (Å²) in [4.78, 5) is 8.42. The molecule has 102 valence electrons. The van der Waals surface area contributed by atoms with E-state index in [9.17, 15) is 0 Å². The second-order valence-corrected chi connectivity index (χ2v) is 7.34. The van der Waals surface area contributed by atoms with Gasteiger partial charge in [-0.15, -0.1) is 0 Å². The average molecular weight is 267 g/mol. The smallest absolute Gasteiger partial charge is 0.185 e. The van der Waals surface area contributed by atoms with Crippen LogP contribution in [0.5, 0.6) is 0 Å². The Hall–Kier alpha value is -0.610. The molecule has 0 radical (unpaired) electrons. The lowest BCUT2D eigenvalue weighted by atomic mass is 9.77. The molecule has 2 unspecified atom stereocenters. The molecule has 2 atom stereocenters. The fourth-order valence-electron chi connectivity index (χ4n) is 2.59. The lowest BCUT2D eigenvalue weighted by Gasteiger charge is -2.32. The highest BCUT2D eigenvalue weighted by Crippen LogP contribution is 2.43. The fraction of sp³-hybridized carbons (Fsp3) is 0.786. The van der Waals surface area contributed by atoms with Crippen LogP contribution < -0.4 is 10.6 Å². The fourth-order valence-corrected chi connectivity index (χ4v) is 3.74. The van der Waals surface area contributed by atoms with Crippen LogP contribution in [0.25, 0.3) is 0 Å². The number of fused-ring (bicyclic) bond motifs is 1. The highest BCUT2D eigenvalue weighted by atomic mass is 32.1. The minimum Gasteiger partial charge on any atom is -0.348 e. The highest BCUT2D eigenvalue weighted by molar-refractivity contribution is 7.15. The molecule has 0 fully saturated rings. The van der Waals surface area contributed by atoms with Gasteiger partial charge in [-0.3, -0.25) is 0 Å². The normalized spacial score (nSPS) is 23.6. The van der Waals surface area contributed by atoms with Crippen molar-refractivity contribution in [1.29, 1.82) is 0 Å². The number of rotatable bonds is 3. The number of thiazole rings is 1. The second kappa shape index (κ2) is 4.82. The van der Waals surface area contributed by atoms with Crippen LogP contribution in [0.3, 0.4) is 0 Å². The summed E-state index contributed by atoms with van der Waals surface area (Å²) in [5.41, 5.74) is 7.81. The van der Waals surface area contributed by atoms with Crippen molar-refractivity contribution in [2.45, 2.75) is 59.0 Å². The van der Waals surface area contributed by atoms with Crippen LogP contribution >= 0.6 is 11.3 Å². The molecule has 0 saturated heterocycles. The van der Waals surface area contributed by atoms with E-state index in [1.54, 1.807) is 11.3 Å². The summed E-state index contributed by atoms with van der Waals surface area (Å²) < 4.78 is 0. The summed E-state index contributed by atoms with van der Waals surface area (Å²) in [6, 6.07) is 0.696. The molecule has 1 heterocycles. The number of hydrogen-bond donors (Lipinski definition) is 1. The Bertz CT molecular complexity index is 425. The lowest BCUT2D eigenvalue weighted by Crippen LogP contribution is -2.29. The van der Waals surface area contributed by atoms with E-state index in [2.05, 4.69) is 39.6 Å². The van der Waals surface area contributed by atoms with Crippen molar-refractivity contribution >= 4 is 16.5 Å². The summed E-state index contributed by atoms with van der Waals surface area (Å²) >= 11 is 1.79. The zero-order chi connectivity index (χ0) is 13.5. The maximum absolute atomic E-state index is 6.30. The highest BCUT2D eigenvalue weighted by Gasteiger charge is 2.33. The van der Waals surface area contributed by atoms with Gasteiger partial charge in [0.05, 0.1) is 5.69 Å². The molecule has 1 aliphatic carbocycles. The van der Waals surface area contributed by atoms with Crippen molar-refractivity contribution in [2.75, 3.05) is 11.9 Å². The van der Waals surface area contributed by atoms with Crippen molar-refractivity contribution < 1.29 is 0 Å². The van der Waals surface area contributed by atoms with E-state index in [0.29, 0.717) is 6.04 Å². The lowest BCUT2D eigenvalue weighted by molar-refractivity contribution is 0.282. The van der Waals surface area contributed by atoms with Crippen molar-refractivity contribution in [1.82, 2.24) is 4.98 Å². The predicted octanol–water partition coefficient (Wildman–Crippen LogP) is 3.35. The minimum atomic E-state index is 0.167. The minimum absolute atomic E-state index is 0.167. The van der Waals surface area contributed by atoms with Crippen LogP contribution in [0.15, 0.2) is 0 Å². The van der Waals surface area contributed by atoms with Gasteiger partial charge in [0, 0.05) is 24.0 Å². The van der Waals surface area contributed by atoms with Gasteiger partial charge in [-0.1, -0.05) is 32.1 Å². The molecular weight excluding hydrogens is 242 g/mol. The Labute approximate surface area is 114 Å². The Morgan fingerprint density at radius 3 is 2.83 bits per heavy atom. The number of nitrogens with zero attached hydrogens (tertiary/aromatic N) is 2. The molecule has 0 spiro atoms. The molecule has 4 heteroatoms. The Morgan fingerprint density at radius 1 is 1.56 bits per heavy atom. The quantitative estimate of drug-likeness (QED) is 0.913. The van der Waals surface area contributed by atoms with Gasteiger partial charge in [0.25, 0.3) is 0 Å². The van der Waals surface area contributed by atoms with Crippen LogP contribution in [-0.4, -0.2) is 18.1 Å². The number of aromatic nitrogens is 1. The molecule has 2 N–H and O–H groups in total. The second-order valence-electron chi connectivity index (χ2n) is 6.33. The Balaban J connectivity index is 2.29. The Kier molecular flexibility index (Phi) is 3.70. The van der Waals surface area contributed by atoms with E-state index in [-0.39, 0.29) is 11.5 Å². The van der Waals surface area contributed by atoms with E-state index < -0.39 is 0 Å². The summed E-state index contributed by atoms with van der Waals surface area (Å²) in [6.07, 6.45) is 3.26. The zero-order valence-electron chi connectivity index (χ0n) is 12.2. The first-order chi connectivity index (χ1) is 8.34. The Morgan fingerprint density at radius 2 is 2.22 bits per heavy atom. The van der Waals surface area contributed by atoms with Gasteiger partial charge in [-0.05, 0) is 31.6 Å². The van der Waals surface area contributed by atoms with Crippen LogP contribution in [0.1, 0.15) is 57.1 Å². The van der Waals surface area contributed by atoms with E-state index in [1.165, 1.54) is 10.6 Å². The van der Waals surface area contributed by atoms with Crippen LogP contribution in [0, 0.1) is 5.41 Å². The van der Waals surface area contributed by atoms with Crippen LogP contribution in [-0.2, 0) is 6.42 Å². The third-order valence-corrected chi connectivity index (χ3v) is 5.35. The third-order valence-electron chi connectivity index (χ3n) is 4.03. The molecule has 0 aliphatic heterocycles. The zero-order valence-corrected chi connectivity index (χ0v) is 13.0. The standard InChI is InChI=1S/C14H25N3S/c1-6-9(2)17(5)13-16-11-8-14(3,4)7-10(15)12(11)18-13/h9-10H,6-8,15H2,1-5H3. The van der Waals surface area contributed by atoms with Crippen molar-refractivity contribution in [3.63, 3.8) is 0 Å². The van der Waals surface area contributed by atoms with E-state index in [1.807, 2.05) is 0 Å². The number of anilines is 1. The van der Waals surface area contributed by atoms with Gasteiger partial charge >= 0.3 is 0 Å². The third kappa shape index (κ3) is 2.54. The topological polar surface area (TPSA) is 42.2 Å². The largest absolute Gasteiger partial charge is 0.348 e. The molecule has 1 aliphatic rings. The average Bonchev–Trinajstić information content (AvgIpc) is 2.69. The van der Waals surface area contributed by atoms with Gasteiger partial charge in [0.1, 0.15) is 0 Å². The SMILES string of the molecule is CCC(C)N(C)c1nc2c(s1)C(N)CC(C)(C)C2. The van der Waals surface area contributed by atoms with Crippen molar-refractivity contribution in [3.05, 3.63) is 10.6 Å². The van der Waals surface area contributed by atoms with Gasteiger partial charge in [-0.25, -0.2) is 4.98 Å². The molecule has 0 aromatic carbocycles. The van der Waals surface area contributed by atoms with Gasteiger partial charge < -0.3 is 10.6 Å². The summed E-state index contributed by atoms with van der Waals surface area (Å²) in [7, 11) is 2.13. The molecule has 0 saturated carbocycles. The molecule has 0 bridgehead atoms. The monoisotopic (exact) mass is 267 g/mol. The van der Waals surface area contributed by atoms with Crippen LogP contribution in [0.4, 0.5) is 5.13 Å². The van der Waals surface area contributed by atoms with E-state index >= 15 is 0 Å². The first kappa shape index (κ1) is 13.8. The molecule has 1 aromatic heterocycles. The van der Waals surface area contributed by atoms with Crippen molar-refractivity contribution in [3.8, 4) is 0 Å². The maximum Gasteiger partial charge on any atom is 0.185 e. The van der Waals surface area contributed by atoms with Crippen molar-refractivity contribution in [2.24, 2.45) is 11.1 Å². The summed E-state index contributed by atoms with van der Waals surface area (Å²) in [5, 5.41) is 1.13. The van der Waals surface area contributed by atoms with E-state index in [0.717, 1.165) is 24.4 Å². The maximum atomic E-state index is 6.30. The summed E-state index contributed by atoms with van der Waals surface area (Å²) in [6.45, 7) is 9.02.